The Balaban J connectivity index is 2.21. The Morgan fingerprint density at radius 3 is 2.38 bits per heavy atom. The molecule has 0 N–H and O–H groups in total. The van der Waals surface area contributed by atoms with Crippen LogP contribution in [0.4, 0.5) is 0 Å². The molecule has 3 heteroatoms. The third kappa shape index (κ3) is 4.42. The van der Waals surface area contributed by atoms with E-state index in [-0.39, 0.29) is 11.6 Å². The first-order chi connectivity index (χ1) is 12.1. The van der Waals surface area contributed by atoms with Gasteiger partial charge in [0.05, 0.1) is 0 Å². The van der Waals surface area contributed by atoms with Gasteiger partial charge in [-0.3, -0.25) is 4.79 Å². The number of hydrogen-bond acceptors (Lipinski definition) is 3. The summed E-state index contributed by atoms with van der Waals surface area (Å²) in [4.78, 5) is 11.5. The Morgan fingerprint density at radius 2 is 1.81 bits per heavy atom. The van der Waals surface area contributed by atoms with E-state index in [1.165, 1.54) is 25.3 Å². The van der Waals surface area contributed by atoms with Crippen molar-refractivity contribution in [3.05, 3.63) is 22.3 Å². The first kappa shape index (κ1) is 20.8. The number of carbonyl (C=O) groups is 1. The molecule has 0 aliphatic carbocycles. The van der Waals surface area contributed by atoms with Crippen molar-refractivity contribution in [1.29, 1.82) is 0 Å². The van der Waals surface area contributed by atoms with E-state index in [4.69, 9.17) is 9.47 Å². The normalized spacial score (nSPS) is 20.5. The molecule has 1 aromatic carbocycles. The molecule has 0 aromatic heterocycles. The third-order valence-electron chi connectivity index (χ3n) is 6.31. The van der Waals surface area contributed by atoms with E-state index in [2.05, 4.69) is 34.6 Å². The van der Waals surface area contributed by atoms with E-state index in [1.54, 1.807) is 0 Å². The first-order valence-electron chi connectivity index (χ1n) is 10.1. The van der Waals surface area contributed by atoms with Crippen molar-refractivity contribution in [2.24, 2.45) is 11.8 Å². The maximum atomic E-state index is 11.5. The minimum atomic E-state index is -0.267. The molecule has 0 fully saturated rings. The summed E-state index contributed by atoms with van der Waals surface area (Å²) in [6.07, 6.45) is 5.54. The fraction of sp³-hybridized carbons (Fsp3) is 0.696. The molecular weight excluding hydrogens is 324 g/mol. The van der Waals surface area contributed by atoms with Crippen LogP contribution in [0.5, 0.6) is 11.5 Å². The highest BCUT2D eigenvalue weighted by Gasteiger charge is 2.34. The predicted molar refractivity (Wildman–Crippen MR) is 107 cm³/mol. The van der Waals surface area contributed by atoms with Gasteiger partial charge in [0.25, 0.3) is 0 Å². The first-order valence-corrected chi connectivity index (χ1v) is 10.1. The summed E-state index contributed by atoms with van der Waals surface area (Å²) in [5, 5.41) is 0. The molecule has 0 radical (unpaired) electrons. The van der Waals surface area contributed by atoms with Crippen LogP contribution in [0.25, 0.3) is 0 Å². The molecule has 1 aliphatic rings. The Labute approximate surface area is 159 Å². The SMILES string of the molecule is CC(=O)Oc1c(C)c(C)c2c(c1C)CCC(C)(CCCC(C)C(C)C)O2. The van der Waals surface area contributed by atoms with Crippen molar-refractivity contribution in [2.45, 2.75) is 93.1 Å². The number of benzene rings is 1. The fourth-order valence-electron chi connectivity index (χ4n) is 3.89. The monoisotopic (exact) mass is 360 g/mol. The van der Waals surface area contributed by atoms with E-state index in [0.717, 1.165) is 53.5 Å². The number of carbonyl (C=O) groups excluding carboxylic acids is 1. The van der Waals surface area contributed by atoms with E-state index >= 15 is 0 Å². The van der Waals surface area contributed by atoms with Gasteiger partial charge in [-0.05, 0) is 81.9 Å². The highest BCUT2D eigenvalue weighted by atomic mass is 16.5. The zero-order valence-corrected chi connectivity index (χ0v) is 17.9. The van der Waals surface area contributed by atoms with Crippen molar-refractivity contribution >= 4 is 5.97 Å². The maximum Gasteiger partial charge on any atom is 0.308 e. The van der Waals surface area contributed by atoms with Gasteiger partial charge in [0.1, 0.15) is 17.1 Å². The number of esters is 1. The van der Waals surface area contributed by atoms with Gasteiger partial charge in [0, 0.05) is 12.5 Å². The van der Waals surface area contributed by atoms with Gasteiger partial charge in [-0.1, -0.05) is 27.2 Å². The second-order valence-electron chi connectivity index (χ2n) is 8.77. The Kier molecular flexibility index (Phi) is 6.42. The molecular formula is C23H36O3. The Bertz CT molecular complexity index is 675. The molecule has 1 aromatic rings. The van der Waals surface area contributed by atoms with Gasteiger partial charge in [-0.2, -0.15) is 0 Å². The van der Waals surface area contributed by atoms with Crippen molar-refractivity contribution < 1.29 is 14.3 Å². The molecule has 2 rings (SSSR count). The van der Waals surface area contributed by atoms with Crippen LogP contribution in [-0.4, -0.2) is 11.6 Å². The summed E-state index contributed by atoms with van der Waals surface area (Å²) < 4.78 is 12.1. The second-order valence-corrected chi connectivity index (χ2v) is 8.77. The van der Waals surface area contributed by atoms with Gasteiger partial charge in [0.15, 0.2) is 0 Å². The topological polar surface area (TPSA) is 35.5 Å². The van der Waals surface area contributed by atoms with Crippen LogP contribution >= 0.6 is 0 Å². The summed E-state index contributed by atoms with van der Waals surface area (Å²) in [6, 6.07) is 0. The van der Waals surface area contributed by atoms with Crippen molar-refractivity contribution in [1.82, 2.24) is 0 Å². The van der Waals surface area contributed by atoms with E-state index < -0.39 is 0 Å². The fourth-order valence-corrected chi connectivity index (χ4v) is 3.89. The molecule has 26 heavy (non-hydrogen) atoms. The number of rotatable bonds is 6. The Morgan fingerprint density at radius 1 is 1.15 bits per heavy atom. The standard InChI is InChI=1S/C23H36O3/c1-14(2)15(3)10-9-12-23(8)13-11-20-18(6)21(25-19(7)24)16(4)17(5)22(20)26-23/h14-15H,9-13H2,1-8H3. The number of ether oxygens (including phenoxy) is 2. The number of hydrogen-bond donors (Lipinski definition) is 0. The molecule has 0 amide bonds. The third-order valence-corrected chi connectivity index (χ3v) is 6.31. The predicted octanol–water partition coefficient (Wildman–Crippen LogP) is 6.08. The van der Waals surface area contributed by atoms with Crippen LogP contribution in [0.2, 0.25) is 0 Å². The largest absolute Gasteiger partial charge is 0.487 e. The molecule has 1 heterocycles. The van der Waals surface area contributed by atoms with Crippen LogP contribution in [0, 0.1) is 32.6 Å². The van der Waals surface area contributed by atoms with E-state index in [9.17, 15) is 4.79 Å². The smallest absolute Gasteiger partial charge is 0.308 e. The minimum Gasteiger partial charge on any atom is -0.487 e. The zero-order chi connectivity index (χ0) is 19.6. The van der Waals surface area contributed by atoms with Crippen LogP contribution in [0.3, 0.4) is 0 Å². The summed E-state index contributed by atoms with van der Waals surface area (Å²) in [5.74, 6) is 2.96. The maximum absolute atomic E-state index is 11.5. The molecule has 0 saturated carbocycles. The van der Waals surface area contributed by atoms with Gasteiger partial charge < -0.3 is 9.47 Å². The van der Waals surface area contributed by atoms with E-state index in [1.807, 2.05) is 13.8 Å². The van der Waals surface area contributed by atoms with Gasteiger partial charge in [-0.15, -0.1) is 0 Å². The van der Waals surface area contributed by atoms with Crippen LogP contribution < -0.4 is 9.47 Å². The van der Waals surface area contributed by atoms with E-state index in [0.29, 0.717) is 5.75 Å². The van der Waals surface area contributed by atoms with Gasteiger partial charge in [0.2, 0.25) is 0 Å². The molecule has 1 aliphatic heterocycles. The van der Waals surface area contributed by atoms with Crippen LogP contribution in [-0.2, 0) is 11.2 Å². The zero-order valence-electron chi connectivity index (χ0n) is 17.9. The lowest BCUT2D eigenvalue weighted by molar-refractivity contribution is -0.132. The summed E-state index contributed by atoms with van der Waals surface area (Å²) in [7, 11) is 0. The van der Waals surface area contributed by atoms with Gasteiger partial charge >= 0.3 is 5.97 Å². The van der Waals surface area contributed by atoms with Crippen molar-refractivity contribution in [3.63, 3.8) is 0 Å². The number of fused-ring (bicyclic) bond motifs is 1. The summed E-state index contributed by atoms with van der Waals surface area (Å²) in [5.41, 5.74) is 4.26. The minimum absolute atomic E-state index is 0.101. The van der Waals surface area contributed by atoms with Crippen molar-refractivity contribution in [2.75, 3.05) is 0 Å². The highest BCUT2D eigenvalue weighted by Crippen LogP contribution is 2.45. The lowest BCUT2D eigenvalue weighted by Crippen LogP contribution is -2.37. The molecule has 2 unspecified atom stereocenters. The average molecular weight is 361 g/mol. The molecule has 146 valence electrons. The van der Waals surface area contributed by atoms with Crippen LogP contribution in [0.15, 0.2) is 0 Å². The average Bonchev–Trinajstić information content (AvgIpc) is 2.56. The lowest BCUT2D eigenvalue weighted by atomic mass is 9.83. The quantitative estimate of drug-likeness (QED) is 0.455. The molecule has 0 bridgehead atoms. The highest BCUT2D eigenvalue weighted by molar-refractivity contribution is 5.72. The second kappa shape index (κ2) is 8.02. The van der Waals surface area contributed by atoms with Gasteiger partial charge in [-0.25, -0.2) is 0 Å². The summed E-state index contributed by atoms with van der Waals surface area (Å²) >= 11 is 0. The molecule has 0 saturated heterocycles. The lowest BCUT2D eigenvalue weighted by Gasteiger charge is -2.38. The molecule has 3 nitrogen and oxygen atoms in total. The summed E-state index contributed by atoms with van der Waals surface area (Å²) in [6.45, 7) is 16.8. The van der Waals surface area contributed by atoms with Crippen LogP contribution in [0.1, 0.15) is 82.6 Å². The molecule has 2 atom stereocenters. The Hall–Kier alpha value is -1.51. The molecule has 0 spiro atoms. The van der Waals surface area contributed by atoms with Crippen molar-refractivity contribution in [3.8, 4) is 11.5 Å².